The zero-order valence-corrected chi connectivity index (χ0v) is 19.5. The van der Waals surface area contributed by atoms with Gasteiger partial charge in [0.1, 0.15) is 17.3 Å². The summed E-state index contributed by atoms with van der Waals surface area (Å²) in [4.78, 5) is 25.1. The van der Waals surface area contributed by atoms with E-state index in [1.54, 1.807) is 0 Å². The van der Waals surface area contributed by atoms with E-state index in [-0.39, 0.29) is 52.7 Å². The van der Waals surface area contributed by atoms with Gasteiger partial charge in [-0.15, -0.1) is 0 Å². The number of nitrogens with one attached hydrogen (secondary N) is 2. The van der Waals surface area contributed by atoms with Crippen molar-refractivity contribution in [2.75, 3.05) is 6.61 Å². The molecule has 2 amide bonds. The third-order valence-electron chi connectivity index (χ3n) is 6.25. The molecule has 2 aromatic carbocycles. The van der Waals surface area contributed by atoms with Gasteiger partial charge in [-0.2, -0.15) is 0 Å². The number of carbonyl (C=O) groups excluding carboxylic acids is 2. The van der Waals surface area contributed by atoms with Crippen LogP contribution in [0, 0.1) is 17.7 Å². The van der Waals surface area contributed by atoms with E-state index in [0.29, 0.717) is 13.0 Å². The fourth-order valence-corrected chi connectivity index (χ4v) is 4.89. The minimum atomic E-state index is -0.598. The average Bonchev–Trinajstić information content (AvgIpc) is 3.29. The Bertz CT molecular complexity index is 1020. The zero-order valence-electron chi connectivity index (χ0n) is 18.7. The summed E-state index contributed by atoms with van der Waals surface area (Å²) in [5.41, 5.74) is 0.650. The maximum Gasteiger partial charge on any atom is 0.258 e. The van der Waals surface area contributed by atoms with Crippen LogP contribution in [0.2, 0.25) is 5.02 Å². The molecule has 3 fully saturated rings. The molecule has 3 aliphatic rings. The number of benzene rings is 2. The molecule has 3 saturated carbocycles. The summed E-state index contributed by atoms with van der Waals surface area (Å²) >= 11 is 5.65. The van der Waals surface area contributed by atoms with Crippen LogP contribution in [0.5, 0.6) is 11.5 Å². The maximum atomic E-state index is 13.5. The molecule has 33 heavy (non-hydrogen) atoms. The average molecular weight is 475 g/mol. The lowest BCUT2D eigenvalue weighted by molar-refractivity contribution is -0.126. The predicted octanol–water partition coefficient (Wildman–Crippen LogP) is 4.25. The molecule has 0 aromatic heterocycles. The molecule has 176 valence electrons. The van der Waals surface area contributed by atoms with Crippen LogP contribution in [0.15, 0.2) is 42.5 Å². The van der Waals surface area contributed by atoms with E-state index in [2.05, 4.69) is 10.6 Å². The third kappa shape index (κ3) is 5.58. The van der Waals surface area contributed by atoms with Crippen LogP contribution in [0.25, 0.3) is 0 Å². The number of rotatable bonds is 9. The molecule has 8 heteroatoms. The monoisotopic (exact) mass is 474 g/mol. The van der Waals surface area contributed by atoms with Crippen LogP contribution in [-0.2, 0) is 16.1 Å². The first-order chi connectivity index (χ1) is 15.7. The van der Waals surface area contributed by atoms with Gasteiger partial charge < -0.3 is 20.1 Å². The highest BCUT2D eigenvalue weighted by atomic mass is 35.5. The van der Waals surface area contributed by atoms with E-state index < -0.39 is 5.82 Å². The molecule has 2 N–H and O–H groups in total. The Labute approximate surface area is 197 Å². The van der Waals surface area contributed by atoms with Crippen molar-refractivity contribution in [2.24, 2.45) is 11.8 Å². The maximum absolute atomic E-state index is 13.5. The van der Waals surface area contributed by atoms with Crippen molar-refractivity contribution in [1.29, 1.82) is 0 Å². The van der Waals surface area contributed by atoms with Gasteiger partial charge in [-0.3, -0.25) is 9.59 Å². The summed E-state index contributed by atoms with van der Waals surface area (Å²) in [6.07, 6.45) is 2.30. The Hall–Kier alpha value is -2.80. The molecule has 1 atom stereocenters. The second-order valence-corrected chi connectivity index (χ2v) is 9.61. The van der Waals surface area contributed by atoms with Crippen LogP contribution in [-0.4, -0.2) is 30.1 Å². The first-order valence-electron chi connectivity index (χ1n) is 11.2. The van der Waals surface area contributed by atoms with E-state index in [1.807, 2.05) is 38.1 Å². The van der Waals surface area contributed by atoms with Crippen molar-refractivity contribution < 1.29 is 23.5 Å². The SMILES string of the molecule is CC(C)Oc1ccc(CNC(=O)C2CC3(NC(=O)COc4ccc(Cl)c(F)c4)CC2C3)cc1. The summed E-state index contributed by atoms with van der Waals surface area (Å²) in [6.45, 7) is 4.18. The lowest BCUT2D eigenvalue weighted by Gasteiger charge is -2.39. The van der Waals surface area contributed by atoms with Crippen molar-refractivity contribution in [3.63, 3.8) is 0 Å². The van der Waals surface area contributed by atoms with Crippen LogP contribution < -0.4 is 20.1 Å². The fraction of sp³-hybridized carbons (Fsp3) is 0.440. The molecule has 3 aliphatic carbocycles. The van der Waals surface area contributed by atoms with Crippen LogP contribution >= 0.6 is 11.6 Å². The highest BCUT2D eigenvalue weighted by Gasteiger charge is 2.58. The summed E-state index contributed by atoms with van der Waals surface area (Å²) in [6, 6.07) is 11.7. The predicted molar refractivity (Wildman–Crippen MR) is 123 cm³/mol. The highest BCUT2D eigenvalue weighted by Crippen LogP contribution is 2.55. The Morgan fingerprint density at radius 2 is 1.82 bits per heavy atom. The number of carbonyl (C=O) groups is 2. The largest absolute Gasteiger partial charge is 0.491 e. The topological polar surface area (TPSA) is 76.7 Å². The molecule has 0 radical (unpaired) electrons. The van der Waals surface area contributed by atoms with E-state index >= 15 is 0 Å². The van der Waals surface area contributed by atoms with E-state index in [0.717, 1.165) is 30.2 Å². The van der Waals surface area contributed by atoms with Gasteiger partial charge in [0, 0.05) is 24.1 Å². The van der Waals surface area contributed by atoms with Crippen LogP contribution in [0.4, 0.5) is 4.39 Å². The third-order valence-corrected chi connectivity index (χ3v) is 6.56. The van der Waals surface area contributed by atoms with Gasteiger partial charge in [0.2, 0.25) is 5.91 Å². The number of hydrogen-bond donors (Lipinski definition) is 2. The molecule has 6 nitrogen and oxygen atoms in total. The van der Waals surface area contributed by atoms with Gasteiger partial charge >= 0.3 is 0 Å². The summed E-state index contributed by atoms with van der Waals surface area (Å²) in [7, 11) is 0. The van der Waals surface area contributed by atoms with Crippen molar-refractivity contribution in [3.05, 3.63) is 58.9 Å². The molecule has 2 bridgehead atoms. The lowest BCUT2D eigenvalue weighted by atomic mass is 9.76. The highest BCUT2D eigenvalue weighted by molar-refractivity contribution is 6.30. The van der Waals surface area contributed by atoms with Gasteiger partial charge in [0.15, 0.2) is 6.61 Å². The Balaban J connectivity index is 1.22. The van der Waals surface area contributed by atoms with E-state index in [1.165, 1.54) is 12.1 Å². The number of hydrogen-bond acceptors (Lipinski definition) is 4. The van der Waals surface area contributed by atoms with Gasteiger partial charge in [-0.1, -0.05) is 23.7 Å². The number of amides is 2. The van der Waals surface area contributed by atoms with Crippen LogP contribution in [0.1, 0.15) is 38.7 Å². The standard InChI is InChI=1S/C25H28ClFN2O4/c1-15(2)33-18-5-3-16(4-6-18)13-28-24(31)20-12-25(10-17(20)11-25)29-23(30)14-32-19-7-8-21(26)22(27)9-19/h3-9,15,17,20H,10-14H2,1-2H3,(H,28,31)(H,29,30). The summed E-state index contributed by atoms with van der Waals surface area (Å²) in [5, 5.41) is 6.04. The Morgan fingerprint density at radius 3 is 2.48 bits per heavy atom. The van der Waals surface area contributed by atoms with Gasteiger partial charge in [-0.05, 0) is 68.9 Å². The molecular formula is C25H28ClFN2O4. The fourth-order valence-electron chi connectivity index (χ4n) is 4.77. The molecule has 1 unspecified atom stereocenters. The van der Waals surface area contributed by atoms with Crippen molar-refractivity contribution in [2.45, 2.75) is 51.3 Å². The smallest absolute Gasteiger partial charge is 0.258 e. The van der Waals surface area contributed by atoms with E-state index in [4.69, 9.17) is 21.1 Å². The first-order valence-corrected chi connectivity index (χ1v) is 11.5. The molecule has 2 aromatic rings. The second-order valence-electron chi connectivity index (χ2n) is 9.20. The Morgan fingerprint density at radius 1 is 1.12 bits per heavy atom. The quantitative estimate of drug-likeness (QED) is 0.569. The first kappa shape index (κ1) is 23.4. The zero-order chi connectivity index (χ0) is 23.6. The van der Waals surface area contributed by atoms with Gasteiger partial charge in [-0.25, -0.2) is 4.39 Å². The molecular weight excluding hydrogens is 447 g/mol. The summed E-state index contributed by atoms with van der Waals surface area (Å²) < 4.78 is 24.5. The van der Waals surface area contributed by atoms with E-state index in [9.17, 15) is 14.0 Å². The van der Waals surface area contributed by atoms with Gasteiger partial charge in [0.25, 0.3) is 5.91 Å². The van der Waals surface area contributed by atoms with Gasteiger partial charge in [0.05, 0.1) is 11.1 Å². The van der Waals surface area contributed by atoms with Crippen molar-refractivity contribution >= 4 is 23.4 Å². The molecule has 0 heterocycles. The second kappa shape index (κ2) is 9.59. The van der Waals surface area contributed by atoms with Crippen molar-refractivity contribution in [3.8, 4) is 11.5 Å². The molecule has 0 spiro atoms. The number of halogens is 2. The van der Waals surface area contributed by atoms with Crippen molar-refractivity contribution in [1.82, 2.24) is 10.6 Å². The Kier molecular flexibility index (Phi) is 6.79. The minimum absolute atomic E-state index is 0.00127. The number of fused-ring (bicyclic) bond motifs is 1. The lowest BCUT2D eigenvalue weighted by Crippen LogP contribution is -2.53. The minimum Gasteiger partial charge on any atom is -0.491 e. The molecule has 0 saturated heterocycles. The molecule has 0 aliphatic heterocycles. The summed E-state index contributed by atoms with van der Waals surface area (Å²) in [5.74, 6) is 0.346. The number of ether oxygens (including phenoxy) is 2. The molecule has 5 rings (SSSR count). The van der Waals surface area contributed by atoms with Crippen LogP contribution in [0.3, 0.4) is 0 Å². The normalized spacial score (nSPS) is 23.1.